The number of aliphatic hydroxyl groups excluding tert-OH is 7. The van der Waals surface area contributed by atoms with Gasteiger partial charge in [0.2, 0.25) is 5.91 Å². The molecule has 1 rings (SSSR count). The molecule has 8 N–H and O–H groups in total. The summed E-state index contributed by atoms with van der Waals surface area (Å²) in [5.74, 6) is -0.706. The van der Waals surface area contributed by atoms with Gasteiger partial charge in [-0.15, -0.1) is 0 Å². The van der Waals surface area contributed by atoms with Gasteiger partial charge in [-0.3, -0.25) is 4.79 Å². The Kier molecular flexibility index (Phi) is 42.5. The van der Waals surface area contributed by atoms with Gasteiger partial charge in [-0.2, -0.15) is 0 Å². The van der Waals surface area contributed by atoms with Crippen molar-refractivity contribution in [3.8, 4) is 0 Å². The van der Waals surface area contributed by atoms with Crippen molar-refractivity contribution in [3.63, 3.8) is 0 Å². The second-order valence-electron chi connectivity index (χ2n) is 19.6. The Balaban J connectivity index is 2.27. The third-order valence-corrected chi connectivity index (χ3v) is 13.5. The van der Waals surface area contributed by atoms with E-state index in [0.29, 0.717) is 12.8 Å². The minimum absolute atomic E-state index is 0.255. The third kappa shape index (κ3) is 33.2. The van der Waals surface area contributed by atoms with Crippen molar-refractivity contribution >= 4 is 5.91 Å². The first-order chi connectivity index (χ1) is 32.2. The predicted molar refractivity (Wildman–Crippen MR) is 270 cm³/mol. The molecular formula is C55H105NO10. The van der Waals surface area contributed by atoms with Crippen LogP contribution in [0.4, 0.5) is 0 Å². The molecule has 0 spiro atoms. The van der Waals surface area contributed by atoms with Crippen LogP contribution in [0.25, 0.3) is 0 Å². The van der Waals surface area contributed by atoms with Gasteiger partial charge < -0.3 is 50.5 Å². The lowest BCUT2D eigenvalue weighted by atomic mass is 9.98. The molecule has 1 aliphatic rings. The summed E-state index contributed by atoms with van der Waals surface area (Å²) in [5.41, 5.74) is 0. The Morgan fingerprint density at radius 2 is 0.894 bits per heavy atom. The summed E-state index contributed by atoms with van der Waals surface area (Å²) in [6.07, 6.45) is 41.1. The van der Waals surface area contributed by atoms with Crippen molar-refractivity contribution in [2.24, 2.45) is 0 Å². The van der Waals surface area contributed by atoms with E-state index in [4.69, 9.17) is 9.47 Å². The SMILES string of the molecule is CCCCCCCCC/C=C/CCCC(O)C(O)C(COC1OC(CO)C(O)C(O)C1O)NC(=O)C(O)CCCCCCCCCCCCC/C=C\CCCCCCCCCCCCCC. The summed E-state index contributed by atoms with van der Waals surface area (Å²) in [7, 11) is 0. The van der Waals surface area contributed by atoms with Crippen LogP contribution in [0.15, 0.2) is 24.3 Å². The molecular weight excluding hydrogens is 835 g/mol. The van der Waals surface area contributed by atoms with Crippen LogP contribution in [0.2, 0.25) is 0 Å². The van der Waals surface area contributed by atoms with Crippen LogP contribution in [0.5, 0.6) is 0 Å². The van der Waals surface area contributed by atoms with E-state index in [-0.39, 0.29) is 12.8 Å². The van der Waals surface area contributed by atoms with E-state index < -0.39 is 74.2 Å². The molecule has 0 aromatic heterocycles. The number of carbonyl (C=O) groups excluding carboxylic acids is 1. The van der Waals surface area contributed by atoms with Crippen LogP contribution in [-0.4, -0.2) is 110 Å². The second-order valence-corrected chi connectivity index (χ2v) is 19.6. The molecule has 1 amide bonds. The van der Waals surface area contributed by atoms with E-state index in [2.05, 4.69) is 43.5 Å². The fraction of sp³-hybridized carbons (Fsp3) is 0.909. The average Bonchev–Trinajstić information content (AvgIpc) is 3.32. The molecule has 0 aromatic rings. The quantitative estimate of drug-likeness (QED) is 0.0215. The minimum atomic E-state index is -1.67. The lowest BCUT2D eigenvalue weighted by Crippen LogP contribution is -2.60. The number of hydrogen-bond donors (Lipinski definition) is 8. The van der Waals surface area contributed by atoms with Gasteiger partial charge in [0.15, 0.2) is 6.29 Å². The van der Waals surface area contributed by atoms with Crippen LogP contribution < -0.4 is 5.32 Å². The van der Waals surface area contributed by atoms with Gasteiger partial charge in [0, 0.05) is 0 Å². The van der Waals surface area contributed by atoms with Gasteiger partial charge >= 0.3 is 0 Å². The smallest absolute Gasteiger partial charge is 0.249 e. The Bertz CT molecular complexity index is 1120. The lowest BCUT2D eigenvalue weighted by molar-refractivity contribution is -0.303. The first-order valence-electron chi connectivity index (χ1n) is 27.7. The zero-order valence-electron chi connectivity index (χ0n) is 42.4. The van der Waals surface area contributed by atoms with Crippen molar-refractivity contribution in [2.75, 3.05) is 13.2 Å². The molecule has 0 bridgehead atoms. The van der Waals surface area contributed by atoms with Crippen LogP contribution in [0.1, 0.15) is 251 Å². The number of amides is 1. The van der Waals surface area contributed by atoms with Gasteiger partial charge in [-0.25, -0.2) is 0 Å². The monoisotopic (exact) mass is 940 g/mol. The van der Waals surface area contributed by atoms with Gasteiger partial charge in [0.05, 0.1) is 25.4 Å². The number of hydrogen-bond acceptors (Lipinski definition) is 10. The number of aliphatic hydroxyl groups is 7. The Labute approximate surface area is 404 Å². The van der Waals surface area contributed by atoms with Crippen molar-refractivity contribution in [1.29, 1.82) is 0 Å². The molecule has 0 radical (unpaired) electrons. The highest BCUT2D eigenvalue weighted by atomic mass is 16.7. The van der Waals surface area contributed by atoms with E-state index in [1.165, 1.54) is 173 Å². The molecule has 66 heavy (non-hydrogen) atoms. The van der Waals surface area contributed by atoms with Crippen molar-refractivity contribution in [3.05, 3.63) is 24.3 Å². The molecule has 0 aromatic carbocycles. The second kappa shape index (κ2) is 44.8. The van der Waals surface area contributed by atoms with E-state index in [1.807, 2.05) is 0 Å². The number of nitrogens with one attached hydrogen (secondary N) is 1. The molecule has 1 fully saturated rings. The van der Waals surface area contributed by atoms with E-state index >= 15 is 0 Å². The van der Waals surface area contributed by atoms with E-state index in [0.717, 1.165) is 38.5 Å². The van der Waals surface area contributed by atoms with Crippen LogP contribution >= 0.6 is 0 Å². The maximum Gasteiger partial charge on any atom is 0.249 e. The largest absolute Gasteiger partial charge is 0.394 e. The van der Waals surface area contributed by atoms with Crippen LogP contribution in [-0.2, 0) is 14.3 Å². The molecule has 1 aliphatic heterocycles. The topological polar surface area (TPSA) is 189 Å². The first-order valence-corrected chi connectivity index (χ1v) is 27.7. The summed E-state index contributed by atoms with van der Waals surface area (Å²) >= 11 is 0. The fourth-order valence-electron chi connectivity index (χ4n) is 8.91. The van der Waals surface area contributed by atoms with Crippen LogP contribution in [0.3, 0.4) is 0 Å². The molecule has 1 saturated heterocycles. The van der Waals surface area contributed by atoms with Crippen molar-refractivity contribution in [1.82, 2.24) is 5.32 Å². The lowest BCUT2D eigenvalue weighted by Gasteiger charge is -2.40. The average molecular weight is 940 g/mol. The van der Waals surface area contributed by atoms with Gasteiger partial charge in [-0.05, 0) is 64.2 Å². The van der Waals surface area contributed by atoms with Crippen LogP contribution in [0, 0.1) is 0 Å². The molecule has 0 aliphatic carbocycles. The molecule has 11 nitrogen and oxygen atoms in total. The number of carbonyl (C=O) groups is 1. The van der Waals surface area contributed by atoms with Gasteiger partial charge in [-0.1, -0.05) is 212 Å². The fourth-order valence-corrected chi connectivity index (χ4v) is 8.91. The normalized spacial score (nSPS) is 20.9. The number of unbranched alkanes of at least 4 members (excludes halogenated alkanes) is 31. The summed E-state index contributed by atoms with van der Waals surface area (Å²) < 4.78 is 11.1. The zero-order valence-corrected chi connectivity index (χ0v) is 42.4. The molecule has 1 heterocycles. The highest BCUT2D eigenvalue weighted by molar-refractivity contribution is 5.80. The molecule has 9 atom stereocenters. The number of rotatable bonds is 47. The highest BCUT2D eigenvalue weighted by Gasteiger charge is 2.44. The van der Waals surface area contributed by atoms with Gasteiger partial charge in [0.1, 0.15) is 36.6 Å². The Morgan fingerprint density at radius 1 is 0.515 bits per heavy atom. The maximum atomic E-state index is 13.1. The first kappa shape index (κ1) is 62.6. The minimum Gasteiger partial charge on any atom is -0.394 e. The predicted octanol–water partition coefficient (Wildman–Crippen LogP) is 11.0. The highest BCUT2D eigenvalue weighted by Crippen LogP contribution is 2.23. The number of allylic oxidation sites excluding steroid dienone is 4. The molecule has 9 unspecified atom stereocenters. The molecule has 390 valence electrons. The van der Waals surface area contributed by atoms with E-state index in [9.17, 15) is 40.5 Å². The van der Waals surface area contributed by atoms with Crippen molar-refractivity contribution < 1.29 is 50.0 Å². The Hall–Kier alpha value is -1.41. The standard InChI is InChI=1S/C55H105NO10/c1-3-5-7-9-11-13-15-17-18-19-20-21-22-23-24-25-26-27-28-29-30-31-33-35-37-39-41-43-48(59)54(64)56-46(45-65-55-53(63)52(62)51(61)49(44-57)66-55)50(60)47(58)42-40-38-36-34-32-16-14-12-10-8-6-4-2/h23-24,34,36,46-53,55,57-63H,3-22,25-33,35,37-45H2,1-2H3,(H,56,64)/b24-23-,36-34+. The molecule has 11 heteroatoms. The summed E-state index contributed by atoms with van der Waals surface area (Å²) in [6, 6.07) is -1.18. The summed E-state index contributed by atoms with van der Waals surface area (Å²) in [5, 5.41) is 75.8. The van der Waals surface area contributed by atoms with E-state index in [1.54, 1.807) is 0 Å². The third-order valence-electron chi connectivity index (χ3n) is 13.5. The Morgan fingerprint density at radius 3 is 1.30 bits per heavy atom. The number of ether oxygens (including phenoxy) is 2. The summed E-state index contributed by atoms with van der Waals surface area (Å²) in [6.45, 7) is 3.43. The molecule has 0 saturated carbocycles. The maximum absolute atomic E-state index is 13.1. The van der Waals surface area contributed by atoms with Crippen molar-refractivity contribution in [2.45, 2.75) is 306 Å². The summed E-state index contributed by atoms with van der Waals surface area (Å²) in [4.78, 5) is 13.1. The van der Waals surface area contributed by atoms with Gasteiger partial charge in [0.25, 0.3) is 0 Å². The zero-order chi connectivity index (χ0) is 48.3.